The van der Waals surface area contributed by atoms with E-state index < -0.39 is 0 Å². The van der Waals surface area contributed by atoms with E-state index in [1.54, 1.807) is 21.3 Å². The van der Waals surface area contributed by atoms with E-state index in [0.29, 0.717) is 36.1 Å². The molecule has 166 valence electrons. The Balaban J connectivity index is 1.49. The molecule has 7 heteroatoms. The Morgan fingerprint density at radius 2 is 1.81 bits per heavy atom. The van der Waals surface area contributed by atoms with Gasteiger partial charge in [-0.3, -0.25) is 14.7 Å². The normalized spacial score (nSPS) is 21.5. The number of ether oxygens (including phenoxy) is 3. The van der Waals surface area contributed by atoms with Gasteiger partial charge in [-0.1, -0.05) is 6.07 Å². The van der Waals surface area contributed by atoms with Crippen molar-refractivity contribution < 1.29 is 19.0 Å². The number of hydrogen-bond acceptors (Lipinski definition) is 6. The van der Waals surface area contributed by atoms with E-state index >= 15 is 0 Å². The molecule has 0 saturated carbocycles. The molecule has 2 fully saturated rings. The van der Waals surface area contributed by atoms with Gasteiger partial charge < -0.3 is 19.1 Å². The van der Waals surface area contributed by atoms with E-state index in [1.165, 1.54) is 5.56 Å². The summed E-state index contributed by atoms with van der Waals surface area (Å²) in [6, 6.07) is 8.26. The van der Waals surface area contributed by atoms with Crippen LogP contribution in [0.15, 0.2) is 36.7 Å². The first kappa shape index (κ1) is 21.4. The van der Waals surface area contributed by atoms with Crippen LogP contribution >= 0.6 is 0 Å². The molecule has 1 aromatic heterocycles. The number of methoxy groups -OCH3 is 3. The summed E-state index contributed by atoms with van der Waals surface area (Å²) in [6.07, 6.45) is 6.29. The zero-order valence-electron chi connectivity index (χ0n) is 18.5. The number of nitrogens with zero attached hydrogens (tertiary/aromatic N) is 3. The van der Waals surface area contributed by atoms with Crippen molar-refractivity contribution in [2.75, 3.05) is 34.4 Å². The zero-order valence-corrected chi connectivity index (χ0v) is 18.5. The maximum absolute atomic E-state index is 12.9. The van der Waals surface area contributed by atoms with E-state index in [4.69, 9.17) is 14.2 Å². The quantitative estimate of drug-likeness (QED) is 0.679. The second-order valence-electron chi connectivity index (χ2n) is 8.31. The number of carbonyl (C=O) groups is 1. The molecule has 0 bridgehead atoms. The average Bonchev–Trinajstić information content (AvgIpc) is 2.80. The number of aromatic nitrogens is 1. The summed E-state index contributed by atoms with van der Waals surface area (Å²) in [5.74, 6) is 2.52. The van der Waals surface area contributed by atoms with E-state index in [1.807, 2.05) is 30.6 Å². The summed E-state index contributed by atoms with van der Waals surface area (Å²) in [7, 11) is 4.82. The number of piperidine rings is 2. The Hall–Kier alpha value is -2.80. The van der Waals surface area contributed by atoms with Crippen LogP contribution in [-0.4, -0.2) is 61.2 Å². The lowest BCUT2D eigenvalue weighted by Crippen LogP contribution is -2.55. The van der Waals surface area contributed by atoms with Gasteiger partial charge in [-0.15, -0.1) is 0 Å². The Kier molecular flexibility index (Phi) is 6.61. The van der Waals surface area contributed by atoms with Gasteiger partial charge in [-0.2, -0.15) is 0 Å². The second-order valence-corrected chi connectivity index (χ2v) is 8.31. The second kappa shape index (κ2) is 9.56. The number of pyridine rings is 1. The Labute approximate surface area is 183 Å². The first-order chi connectivity index (χ1) is 15.1. The van der Waals surface area contributed by atoms with Crippen LogP contribution in [0, 0.1) is 5.92 Å². The van der Waals surface area contributed by atoms with Crippen LogP contribution in [0.5, 0.6) is 17.2 Å². The van der Waals surface area contributed by atoms with Gasteiger partial charge in [0.1, 0.15) is 0 Å². The fourth-order valence-electron chi connectivity index (χ4n) is 4.95. The molecule has 1 aromatic carbocycles. The number of benzene rings is 1. The van der Waals surface area contributed by atoms with Crippen molar-refractivity contribution in [3.8, 4) is 17.2 Å². The van der Waals surface area contributed by atoms with Gasteiger partial charge >= 0.3 is 0 Å². The van der Waals surface area contributed by atoms with E-state index in [2.05, 4.69) is 20.9 Å². The van der Waals surface area contributed by atoms with Crippen molar-refractivity contribution in [3.63, 3.8) is 0 Å². The lowest BCUT2D eigenvalue weighted by atomic mass is 9.83. The molecule has 31 heavy (non-hydrogen) atoms. The topological polar surface area (TPSA) is 64.1 Å². The van der Waals surface area contributed by atoms with Crippen LogP contribution in [-0.2, 0) is 17.9 Å². The number of rotatable bonds is 7. The highest BCUT2D eigenvalue weighted by molar-refractivity contribution is 5.77. The monoisotopic (exact) mass is 425 g/mol. The Morgan fingerprint density at radius 1 is 1.03 bits per heavy atom. The molecular weight excluding hydrogens is 394 g/mol. The minimum Gasteiger partial charge on any atom is -0.493 e. The van der Waals surface area contributed by atoms with E-state index in [0.717, 1.165) is 38.0 Å². The molecule has 0 N–H and O–H groups in total. The highest BCUT2D eigenvalue weighted by atomic mass is 16.5. The van der Waals surface area contributed by atoms with Gasteiger partial charge in [-0.25, -0.2) is 0 Å². The molecule has 2 atom stereocenters. The third-order valence-corrected chi connectivity index (χ3v) is 6.43. The first-order valence-corrected chi connectivity index (χ1v) is 10.8. The number of fused-ring (bicyclic) bond motifs is 1. The molecule has 2 saturated heterocycles. The highest BCUT2D eigenvalue weighted by Crippen LogP contribution is 2.39. The fraction of sp³-hybridized carbons (Fsp3) is 0.500. The van der Waals surface area contributed by atoms with Crippen molar-refractivity contribution in [1.82, 2.24) is 14.8 Å². The number of carbonyl (C=O) groups excluding carboxylic acids is 1. The van der Waals surface area contributed by atoms with Crippen molar-refractivity contribution in [2.45, 2.75) is 38.4 Å². The molecule has 4 rings (SSSR count). The number of amides is 1. The summed E-state index contributed by atoms with van der Waals surface area (Å²) in [5.41, 5.74) is 2.23. The highest BCUT2D eigenvalue weighted by Gasteiger charge is 2.39. The molecule has 2 aliphatic heterocycles. The maximum atomic E-state index is 12.9. The third kappa shape index (κ3) is 4.61. The molecule has 1 amide bonds. The molecule has 7 nitrogen and oxygen atoms in total. The smallest absolute Gasteiger partial charge is 0.223 e. The summed E-state index contributed by atoms with van der Waals surface area (Å²) in [5, 5.41) is 0. The first-order valence-electron chi connectivity index (χ1n) is 10.8. The third-order valence-electron chi connectivity index (χ3n) is 6.43. The summed E-state index contributed by atoms with van der Waals surface area (Å²) < 4.78 is 16.4. The minimum atomic E-state index is 0.232. The maximum Gasteiger partial charge on any atom is 0.223 e. The van der Waals surface area contributed by atoms with E-state index in [9.17, 15) is 4.79 Å². The predicted octanol–water partition coefficient (Wildman–Crippen LogP) is 3.12. The van der Waals surface area contributed by atoms with Gasteiger partial charge in [0.2, 0.25) is 11.7 Å². The summed E-state index contributed by atoms with van der Waals surface area (Å²) in [4.78, 5) is 21.7. The van der Waals surface area contributed by atoms with Gasteiger partial charge in [0.05, 0.1) is 21.3 Å². The van der Waals surface area contributed by atoms with Crippen LogP contribution in [0.2, 0.25) is 0 Å². The molecule has 3 heterocycles. The van der Waals surface area contributed by atoms with Crippen molar-refractivity contribution >= 4 is 5.91 Å². The number of hydrogen-bond donors (Lipinski definition) is 0. The van der Waals surface area contributed by atoms with Crippen molar-refractivity contribution in [3.05, 3.63) is 47.8 Å². The van der Waals surface area contributed by atoms with Gasteiger partial charge in [0.25, 0.3) is 0 Å². The SMILES string of the molecule is COc1cc(CN2C(=O)CC[C@@H]3CN(Cc4cccnc4)CC[C@@H]32)cc(OC)c1OC. The van der Waals surface area contributed by atoms with Crippen molar-refractivity contribution in [2.24, 2.45) is 5.92 Å². The largest absolute Gasteiger partial charge is 0.493 e. The molecular formula is C24H31N3O4. The average molecular weight is 426 g/mol. The molecule has 2 aromatic rings. The molecule has 0 aliphatic carbocycles. The van der Waals surface area contributed by atoms with Crippen LogP contribution < -0.4 is 14.2 Å². The van der Waals surface area contributed by atoms with E-state index in [-0.39, 0.29) is 11.9 Å². The lowest BCUT2D eigenvalue weighted by Gasteiger charge is -2.47. The van der Waals surface area contributed by atoms with Crippen LogP contribution in [0.3, 0.4) is 0 Å². The zero-order chi connectivity index (χ0) is 21.8. The van der Waals surface area contributed by atoms with Gasteiger partial charge in [0, 0.05) is 51.0 Å². The predicted molar refractivity (Wildman–Crippen MR) is 117 cm³/mol. The lowest BCUT2D eigenvalue weighted by molar-refractivity contribution is -0.142. The van der Waals surface area contributed by atoms with Gasteiger partial charge in [0.15, 0.2) is 11.5 Å². The molecule has 0 radical (unpaired) electrons. The molecule has 0 spiro atoms. The minimum absolute atomic E-state index is 0.232. The molecule has 2 aliphatic rings. The Morgan fingerprint density at radius 3 is 2.45 bits per heavy atom. The van der Waals surface area contributed by atoms with Gasteiger partial charge in [-0.05, 0) is 48.1 Å². The number of likely N-dealkylation sites (tertiary alicyclic amines) is 2. The standard InChI is InChI=1S/C24H31N3O4/c1-29-21-11-18(12-22(30-2)24(21)31-3)15-27-20-8-10-26(14-17-5-4-9-25-13-17)16-19(20)6-7-23(27)28/h4-5,9,11-13,19-20H,6-8,10,14-16H2,1-3H3/t19-,20+/m1/s1. The Bertz CT molecular complexity index is 880. The van der Waals surface area contributed by atoms with Crippen LogP contribution in [0.25, 0.3) is 0 Å². The fourth-order valence-corrected chi connectivity index (χ4v) is 4.95. The summed E-state index contributed by atoms with van der Waals surface area (Å²) >= 11 is 0. The molecule has 0 unspecified atom stereocenters. The summed E-state index contributed by atoms with van der Waals surface area (Å²) in [6.45, 7) is 3.46. The van der Waals surface area contributed by atoms with Crippen molar-refractivity contribution in [1.29, 1.82) is 0 Å². The van der Waals surface area contributed by atoms with Crippen LogP contribution in [0.1, 0.15) is 30.4 Å². The van der Waals surface area contributed by atoms with Crippen LogP contribution in [0.4, 0.5) is 0 Å².